The first kappa shape index (κ1) is 59.0. The molecule has 0 fully saturated rings. The van der Waals surface area contributed by atoms with Crippen molar-refractivity contribution in [3.8, 4) is 0 Å². The average molecular weight is 950 g/mol. The van der Waals surface area contributed by atoms with Crippen molar-refractivity contribution in [3.63, 3.8) is 0 Å². The second kappa shape index (κ2) is 30.3. The summed E-state index contributed by atoms with van der Waals surface area (Å²) < 4.78 is 15.3. The second-order valence-corrected chi connectivity index (χ2v) is 17.5. The number of Topliss-reactive ketones (excluding diaryl/α,β-unsaturated/α-hetero) is 1. The average Bonchev–Trinajstić information content (AvgIpc) is 3.23. The first-order valence-corrected chi connectivity index (χ1v) is 22.2. The zero-order valence-electron chi connectivity index (χ0n) is 39.8. The Morgan fingerprint density at radius 3 is 1.79 bits per heavy atom. The van der Waals surface area contributed by atoms with Gasteiger partial charge in [0.05, 0.1) is 38.9 Å². The summed E-state index contributed by atoms with van der Waals surface area (Å²) in [6.07, 6.45) is -0.907. The third kappa shape index (κ3) is 23.3. The van der Waals surface area contributed by atoms with E-state index >= 15 is 0 Å². The number of nitrogens with one attached hydrogen (secondary N) is 6. The molecule has 0 spiro atoms. The Hall–Kier alpha value is -6.00. The lowest BCUT2D eigenvalue weighted by Gasteiger charge is -2.34. The molecule has 6 atom stereocenters. The van der Waals surface area contributed by atoms with Crippen molar-refractivity contribution in [3.05, 3.63) is 35.4 Å². The van der Waals surface area contributed by atoms with E-state index in [2.05, 4.69) is 31.9 Å². The zero-order valence-corrected chi connectivity index (χ0v) is 39.8. The smallest absolute Gasteiger partial charge is 0.305 e. The number of carboxylic acids is 2. The van der Waals surface area contributed by atoms with Crippen LogP contribution in [-0.4, -0.2) is 146 Å². The largest absolute Gasteiger partial charge is 0.481 e. The number of methoxy groups -OCH3 is 1. The number of carbonyl (C=O) groups excluding carboxylic acids is 8. The summed E-state index contributed by atoms with van der Waals surface area (Å²) in [5.74, 6) is -10.7. The van der Waals surface area contributed by atoms with Crippen molar-refractivity contribution in [2.75, 3.05) is 40.1 Å². The van der Waals surface area contributed by atoms with Crippen LogP contribution in [0.4, 0.5) is 0 Å². The summed E-state index contributed by atoms with van der Waals surface area (Å²) in [4.78, 5) is 130. The van der Waals surface area contributed by atoms with Gasteiger partial charge in [-0.05, 0) is 48.6 Å². The molecule has 22 heteroatoms. The van der Waals surface area contributed by atoms with Crippen molar-refractivity contribution >= 4 is 59.1 Å². The molecule has 67 heavy (non-hydrogen) atoms. The highest BCUT2D eigenvalue weighted by atomic mass is 16.5. The van der Waals surface area contributed by atoms with Gasteiger partial charge in [-0.1, -0.05) is 78.6 Å². The molecule has 0 radical (unpaired) electrons. The van der Waals surface area contributed by atoms with Gasteiger partial charge in [0.25, 0.3) is 5.91 Å². The Bertz CT molecular complexity index is 1850. The highest BCUT2D eigenvalue weighted by molar-refractivity contribution is 6.37. The van der Waals surface area contributed by atoms with Crippen molar-refractivity contribution in [2.24, 2.45) is 17.1 Å². The van der Waals surface area contributed by atoms with Crippen LogP contribution in [0.25, 0.3) is 0 Å². The topological polar surface area (TPSA) is 337 Å². The summed E-state index contributed by atoms with van der Waals surface area (Å²) in [6.45, 7) is 12.3. The molecule has 0 aromatic heterocycles. The number of unbranched alkanes of at least 4 members (excludes halogenated alkanes) is 1. The Labute approximate surface area is 391 Å². The number of benzene rings is 1. The summed E-state index contributed by atoms with van der Waals surface area (Å²) >= 11 is 0. The van der Waals surface area contributed by atoms with Crippen LogP contribution in [0.2, 0.25) is 0 Å². The van der Waals surface area contributed by atoms with Crippen LogP contribution < -0.4 is 37.6 Å². The number of ketones is 1. The van der Waals surface area contributed by atoms with Crippen LogP contribution in [0.15, 0.2) is 24.3 Å². The molecular formula is C45H71N7O15. The molecule has 0 saturated carbocycles. The number of hydrogen-bond donors (Lipinski definition) is 9. The summed E-state index contributed by atoms with van der Waals surface area (Å²) in [6, 6.07) is -1.81. The van der Waals surface area contributed by atoms with E-state index in [1.165, 1.54) is 7.11 Å². The Kier molecular flexibility index (Phi) is 26.7. The van der Waals surface area contributed by atoms with Crippen LogP contribution >= 0.6 is 0 Å². The zero-order chi connectivity index (χ0) is 50.9. The third-order valence-electron chi connectivity index (χ3n) is 10.1. The predicted octanol–water partition coefficient (Wildman–Crippen LogP) is -0.198. The molecule has 1 unspecified atom stereocenters. The molecule has 376 valence electrons. The monoisotopic (exact) mass is 950 g/mol. The molecule has 22 nitrogen and oxygen atoms in total. The first-order valence-electron chi connectivity index (χ1n) is 22.2. The lowest BCUT2D eigenvalue weighted by molar-refractivity contribution is -0.141. The number of primary amides is 1. The molecule has 0 aliphatic heterocycles. The molecule has 0 aliphatic rings. The van der Waals surface area contributed by atoms with E-state index in [0.717, 1.165) is 5.56 Å². The van der Waals surface area contributed by atoms with Crippen LogP contribution in [0, 0.1) is 18.3 Å². The molecule has 1 aromatic carbocycles. The number of aryl methyl sites for hydroxylation is 1. The molecule has 0 heterocycles. The molecule has 1 aromatic rings. The van der Waals surface area contributed by atoms with Gasteiger partial charge in [-0.25, -0.2) is 0 Å². The van der Waals surface area contributed by atoms with E-state index < -0.39 is 127 Å². The van der Waals surface area contributed by atoms with Gasteiger partial charge in [-0.2, -0.15) is 0 Å². The normalized spacial score (nSPS) is 14.0. The summed E-state index contributed by atoms with van der Waals surface area (Å²) in [5, 5.41) is 34.1. The van der Waals surface area contributed by atoms with Crippen molar-refractivity contribution < 1.29 is 72.4 Å². The van der Waals surface area contributed by atoms with Crippen LogP contribution in [0.5, 0.6) is 0 Å². The number of nitrogens with two attached hydrogens (primary N) is 1. The Balaban J connectivity index is 3.50. The fourth-order valence-corrected chi connectivity index (χ4v) is 6.49. The van der Waals surface area contributed by atoms with E-state index in [1.54, 1.807) is 65.8 Å². The maximum absolute atomic E-state index is 14.4. The van der Waals surface area contributed by atoms with Crippen molar-refractivity contribution in [2.45, 2.75) is 136 Å². The fraction of sp³-hybridized carbons (Fsp3) is 0.644. The lowest BCUT2D eigenvalue weighted by atomic mass is 9.85. The van der Waals surface area contributed by atoms with Gasteiger partial charge in [0.1, 0.15) is 36.8 Å². The third-order valence-corrected chi connectivity index (χ3v) is 10.1. The van der Waals surface area contributed by atoms with Crippen LogP contribution in [0.1, 0.15) is 97.6 Å². The highest BCUT2D eigenvalue weighted by Gasteiger charge is 2.39. The summed E-state index contributed by atoms with van der Waals surface area (Å²) in [5.41, 5.74) is 5.52. The van der Waals surface area contributed by atoms with Gasteiger partial charge in [0.2, 0.25) is 41.2 Å². The minimum atomic E-state index is -1.74. The minimum Gasteiger partial charge on any atom is -0.481 e. The number of hydrogen-bond acceptors (Lipinski definition) is 13. The van der Waals surface area contributed by atoms with E-state index in [4.69, 9.17) is 19.9 Å². The molecule has 0 bridgehead atoms. The fourth-order valence-electron chi connectivity index (χ4n) is 6.49. The van der Waals surface area contributed by atoms with Crippen molar-refractivity contribution in [1.29, 1.82) is 0 Å². The highest BCUT2D eigenvalue weighted by Crippen LogP contribution is 2.21. The van der Waals surface area contributed by atoms with Crippen molar-refractivity contribution in [1.82, 2.24) is 31.9 Å². The second-order valence-electron chi connectivity index (χ2n) is 17.5. The number of ether oxygens (including phenoxy) is 3. The minimum absolute atomic E-state index is 0.0129. The van der Waals surface area contributed by atoms with E-state index in [1.807, 2.05) is 6.92 Å². The molecule has 0 saturated heterocycles. The SMILES string of the molecule is CCCCC(NC(=O)[C@H](CC(C)C)NC(=O)[C@@H](NC(=O)[C@H](Cc1ccccc1C)NC(=O)[C@H](CCC(=O)O)NC(=O)[C@H](CC(=O)O)NC(=O)COCCOCCOC)C(C)(C)C)C(=O)C(N)=O. The van der Waals surface area contributed by atoms with Gasteiger partial charge in [0, 0.05) is 20.0 Å². The van der Waals surface area contributed by atoms with Gasteiger partial charge >= 0.3 is 11.9 Å². The van der Waals surface area contributed by atoms with E-state index in [-0.39, 0.29) is 45.0 Å². The number of rotatable bonds is 33. The number of carbonyl (C=O) groups is 10. The number of carboxylic acid groups (broad SMARTS) is 2. The van der Waals surface area contributed by atoms with Crippen LogP contribution in [0.3, 0.4) is 0 Å². The summed E-state index contributed by atoms with van der Waals surface area (Å²) in [7, 11) is 1.50. The molecular weight excluding hydrogens is 879 g/mol. The lowest BCUT2D eigenvalue weighted by Crippen LogP contribution is -2.62. The van der Waals surface area contributed by atoms with Gasteiger partial charge in [-0.15, -0.1) is 0 Å². The predicted molar refractivity (Wildman–Crippen MR) is 242 cm³/mol. The van der Waals surface area contributed by atoms with Crippen LogP contribution in [-0.2, 0) is 68.6 Å². The van der Waals surface area contributed by atoms with E-state index in [0.29, 0.717) is 25.0 Å². The number of amides is 7. The molecule has 10 N–H and O–H groups in total. The van der Waals surface area contributed by atoms with Gasteiger partial charge in [0.15, 0.2) is 0 Å². The standard InChI is InChI=1S/C45H71N7O15/c1-9-10-15-29(37(58)39(46)59)48-41(61)31(22-26(2)3)51-44(64)38(45(5,6)7)52-43(63)32(23-28-14-12-11-13-27(28)4)50-40(60)30(16-17-35(54)55)49-42(62)33(24-36(56)57)47-34(53)25-67-21-20-66-19-18-65-8/h11-14,26,29-33,38H,9-10,15-25H2,1-8H3,(H2,46,59)(H,47,53)(H,48,61)(H,49,62)(H,50,60)(H,51,64)(H,52,63)(H,54,55)(H,56,57)/t29?,30-,31-,32-,33-,38+/m0/s1. The number of aliphatic carboxylic acids is 2. The Morgan fingerprint density at radius 2 is 1.22 bits per heavy atom. The van der Waals surface area contributed by atoms with Gasteiger partial charge < -0.3 is 62.1 Å². The molecule has 7 amide bonds. The Morgan fingerprint density at radius 1 is 0.672 bits per heavy atom. The quantitative estimate of drug-likeness (QED) is 0.0326. The maximum atomic E-state index is 14.4. The van der Waals surface area contributed by atoms with E-state index in [9.17, 15) is 58.2 Å². The van der Waals surface area contributed by atoms with Gasteiger partial charge in [-0.3, -0.25) is 47.9 Å². The molecule has 0 aliphatic carbocycles. The maximum Gasteiger partial charge on any atom is 0.305 e. The first-order chi connectivity index (χ1) is 31.4. The molecule has 1 rings (SSSR count).